The number of halogens is 1. The van der Waals surface area contributed by atoms with Crippen LogP contribution in [0.3, 0.4) is 0 Å². The molecule has 0 radical (unpaired) electrons. The summed E-state index contributed by atoms with van der Waals surface area (Å²) in [4.78, 5) is 8.58. The van der Waals surface area contributed by atoms with Crippen LogP contribution in [0.15, 0.2) is 16.0 Å². The van der Waals surface area contributed by atoms with Gasteiger partial charge in [-0.1, -0.05) is 0 Å². The van der Waals surface area contributed by atoms with Gasteiger partial charge in [0.25, 0.3) is 0 Å². The number of rotatable bonds is 8. The largest absolute Gasteiger partial charge is 0.381 e. The van der Waals surface area contributed by atoms with E-state index in [4.69, 9.17) is 4.74 Å². The number of nitrogens with zero attached hydrogens (tertiary/aromatic N) is 2. The fraction of sp³-hybridized carbons (Fsp3) is 0.722. The molecule has 1 aromatic heterocycles. The van der Waals surface area contributed by atoms with Gasteiger partial charge in [-0.25, -0.2) is 13.1 Å². The predicted molar refractivity (Wildman–Crippen MR) is 127 cm³/mol. The molecule has 1 saturated heterocycles. The van der Waals surface area contributed by atoms with E-state index in [0.717, 1.165) is 54.7 Å². The molecule has 10 heteroatoms. The van der Waals surface area contributed by atoms with Crippen LogP contribution in [0, 0.1) is 19.8 Å². The molecule has 0 atom stereocenters. The summed E-state index contributed by atoms with van der Waals surface area (Å²) >= 11 is 1.50. The lowest BCUT2D eigenvalue weighted by molar-refractivity contribution is 0.0625. The Labute approximate surface area is 190 Å². The van der Waals surface area contributed by atoms with Gasteiger partial charge in [0.15, 0.2) is 5.96 Å². The molecule has 2 N–H and O–H groups in total. The summed E-state index contributed by atoms with van der Waals surface area (Å²) in [5.41, 5.74) is 0. The maximum absolute atomic E-state index is 12.4. The van der Waals surface area contributed by atoms with Gasteiger partial charge >= 0.3 is 0 Å². The maximum atomic E-state index is 12.4. The van der Waals surface area contributed by atoms with Gasteiger partial charge < -0.3 is 15.0 Å². The van der Waals surface area contributed by atoms with Gasteiger partial charge in [-0.05, 0) is 45.1 Å². The van der Waals surface area contributed by atoms with Gasteiger partial charge in [-0.15, -0.1) is 35.3 Å². The summed E-state index contributed by atoms with van der Waals surface area (Å²) in [7, 11) is 0.291. The number of aryl methyl sites for hydroxylation is 2. The van der Waals surface area contributed by atoms with Gasteiger partial charge in [0.2, 0.25) is 10.0 Å². The number of ether oxygens (including phenoxy) is 1. The van der Waals surface area contributed by atoms with Crippen LogP contribution in [0.2, 0.25) is 0 Å². The molecular weight excluding hydrogens is 511 g/mol. The lowest BCUT2D eigenvalue weighted by Gasteiger charge is -2.26. The van der Waals surface area contributed by atoms with Crippen LogP contribution in [0.4, 0.5) is 0 Å². The maximum Gasteiger partial charge on any atom is 0.241 e. The van der Waals surface area contributed by atoms with E-state index in [1.54, 1.807) is 13.1 Å². The number of hydrogen-bond donors (Lipinski definition) is 2. The molecule has 2 rings (SSSR count). The Bertz CT molecular complexity index is 731. The zero-order valence-corrected chi connectivity index (χ0v) is 21.1. The van der Waals surface area contributed by atoms with E-state index < -0.39 is 10.0 Å². The predicted octanol–water partition coefficient (Wildman–Crippen LogP) is 2.59. The van der Waals surface area contributed by atoms with Gasteiger partial charge in [0.1, 0.15) is 0 Å². The zero-order valence-electron chi connectivity index (χ0n) is 17.2. The Morgan fingerprint density at radius 1 is 1.32 bits per heavy atom. The standard InChI is InChI=1S/C18H32N4O3S2.HI/c1-14-13-17(15(2)26-14)27(23,24)21-9-8-20-18(19-3)22(4)10-5-16-6-11-25-12-7-16;/h13,16,21H,5-12H2,1-4H3,(H,19,20);1H. The van der Waals surface area contributed by atoms with Crippen molar-refractivity contribution in [2.45, 2.75) is 38.0 Å². The normalized spacial score (nSPS) is 15.9. The summed E-state index contributed by atoms with van der Waals surface area (Å²) in [6, 6.07) is 1.72. The molecule has 28 heavy (non-hydrogen) atoms. The summed E-state index contributed by atoms with van der Waals surface area (Å²) in [5.74, 6) is 1.49. The molecule has 2 heterocycles. The van der Waals surface area contributed by atoms with Crippen LogP contribution in [0.1, 0.15) is 29.0 Å². The summed E-state index contributed by atoms with van der Waals surface area (Å²) in [6.07, 6.45) is 3.37. The van der Waals surface area contributed by atoms with E-state index >= 15 is 0 Å². The minimum atomic E-state index is -3.46. The molecule has 7 nitrogen and oxygen atoms in total. The molecule has 1 aliphatic heterocycles. The number of sulfonamides is 1. The van der Waals surface area contributed by atoms with Crippen molar-refractivity contribution in [2.24, 2.45) is 10.9 Å². The van der Waals surface area contributed by atoms with Crippen LogP contribution in [-0.4, -0.2) is 66.2 Å². The van der Waals surface area contributed by atoms with Crippen molar-refractivity contribution in [3.05, 3.63) is 15.8 Å². The first-order valence-electron chi connectivity index (χ1n) is 9.39. The monoisotopic (exact) mass is 544 g/mol. The molecule has 0 bridgehead atoms. The molecule has 0 aliphatic carbocycles. The number of thiophene rings is 1. The van der Waals surface area contributed by atoms with Gasteiger partial charge in [-0.2, -0.15) is 0 Å². The highest BCUT2D eigenvalue weighted by molar-refractivity contribution is 14.0. The van der Waals surface area contributed by atoms with E-state index in [0.29, 0.717) is 23.9 Å². The third-order valence-corrected chi connectivity index (χ3v) is 7.45. The highest BCUT2D eigenvalue weighted by Gasteiger charge is 2.19. The Balaban J connectivity index is 0.00000392. The topological polar surface area (TPSA) is 83.0 Å². The number of hydrogen-bond acceptors (Lipinski definition) is 5. The molecule has 162 valence electrons. The molecule has 0 unspecified atom stereocenters. The fourth-order valence-corrected chi connectivity index (χ4v) is 5.80. The SMILES string of the molecule is CN=C(NCCNS(=O)(=O)c1cc(C)sc1C)N(C)CCC1CCOCC1.I. The molecule has 1 aliphatic rings. The molecule has 1 fully saturated rings. The van der Waals surface area contributed by atoms with Gasteiger partial charge in [0, 0.05) is 56.7 Å². The third kappa shape index (κ3) is 7.77. The van der Waals surface area contributed by atoms with E-state index in [-0.39, 0.29) is 24.0 Å². The molecule has 0 saturated carbocycles. The van der Waals surface area contributed by atoms with Crippen molar-refractivity contribution < 1.29 is 13.2 Å². The molecule has 0 amide bonds. The summed E-state index contributed by atoms with van der Waals surface area (Å²) < 4.78 is 32.9. The fourth-order valence-electron chi connectivity index (χ4n) is 3.21. The zero-order chi connectivity index (χ0) is 19.9. The smallest absolute Gasteiger partial charge is 0.241 e. The molecule has 0 spiro atoms. The molecular formula is C18H33IN4O3S2. The van der Waals surface area contributed by atoms with E-state index in [1.165, 1.54) is 11.3 Å². The van der Waals surface area contributed by atoms with E-state index in [2.05, 4.69) is 19.9 Å². The minimum absolute atomic E-state index is 0. The van der Waals surface area contributed by atoms with E-state index in [9.17, 15) is 8.42 Å². The van der Waals surface area contributed by atoms with Crippen molar-refractivity contribution in [1.82, 2.24) is 14.9 Å². The van der Waals surface area contributed by atoms with Crippen LogP contribution >= 0.6 is 35.3 Å². The Morgan fingerprint density at radius 3 is 2.57 bits per heavy atom. The van der Waals surface area contributed by atoms with Crippen molar-refractivity contribution >= 4 is 51.3 Å². The van der Waals surface area contributed by atoms with Crippen LogP contribution in [0.25, 0.3) is 0 Å². The highest BCUT2D eigenvalue weighted by Crippen LogP contribution is 2.24. The molecule has 0 aromatic carbocycles. The van der Waals surface area contributed by atoms with Crippen molar-refractivity contribution in [1.29, 1.82) is 0 Å². The number of aliphatic imine (C=N–C) groups is 1. The number of nitrogens with one attached hydrogen (secondary N) is 2. The van der Waals surface area contributed by atoms with Gasteiger partial charge in [0.05, 0.1) is 4.90 Å². The summed E-state index contributed by atoms with van der Waals surface area (Å²) in [5, 5.41) is 3.23. The van der Waals surface area contributed by atoms with E-state index in [1.807, 2.05) is 20.9 Å². The highest BCUT2D eigenvalue weighted by atomic mass is 127. The second-order valence-corrected chi connectivity index (χ2v) is 10.1. The van der Waals surface area contributed by atoms with Crippen LogP contribution in [0.5, 0.6) is 0 Å². The Kier molecular flexibility index (Phi) is 11.3. The minimum Gasteiger partial charge on any atom is -0.381 e. The first kappa shape index (κ1) is 25.6. The third-order valence-electron chi connectivity index (χ3n) is 4.77. The first-order chi connectivity index (χ1) is 12.8. The Morgan fingerprint density at radius 2 is 2.00 bits per heavy atom. The van der Waals surface area contributed by atoms with Crippen LogP contribution in [-0.2, 0) is 14.8 Å². The van der Waals surface area contributed by atoms with Gasteiger partial charge in [-0.3, -0.25) is 4.99 Å². The quantitative estimate of drug-likeness (QED) is 0.228. The Hall–Kier alpha value is -0.430. The second kappa shape index (κ2) is 12.3. The van der Waals surface area contributed by atoms with Crippen molar-refractivity contribution in [2.75, 3.05) is 46.9 Å². The second-order valence-electron chi connectivity index (χ2n) is 6.92. The lowest BCUT2D eigenvalue weighted by Crippen LogP contribution is -2.43. The average molecular weight is 545 g/mol. The van der Waals surface area contributed by atoms with Crippen molar-refractivity contribution in [3.63, 3.8) is 0 Å². The molecule has 1 aromatic rings. The average Bonchev–Trinajstić information content (AvgIpc) is 3.00. The summed E-state index contributed by atoms with van der Waals surface area (Å²) in [6.45, 7) is 7.19. The lowest BCUT2D eigenvalue weighted by atomic mass is 9.96. The number of guanidine groups is 1. The first-order valence-corrected chi connectivity index (χ1v) is 11.7. The van der Waals surface area contributed by atoms with Crippen molar-refractivity contribution in [3.8, 4) is 0 Å². The van der Waals surface area contributed by atoms with Crippen LogP contribution < -0.4 is 10.0 Å².